The van der Waals surface area contributed by atoms with Crippen LogP contribution in [0.1, 0.15) is 18.1 Å². The van der Waals surface area contributed by atoms with Crippen LogP contribution < -0.4 is 20.7 Å². The summed E-state index contributed by atoms with van der Waals surface area (Å²) in [7, 11) is 0. The fourth-order valence-electron chi connectivity index (χ4n) is 3.76. The number of hydrogen-bond acceptors (Lipinski definition) is 5. The number of imidazole rings is 1. The maximum absolute atomic E-state index is 12.5. The molecular weight excluding hydrogens is 534 g/mol. The van der Waals surface area contributed by atoms with E-state index in [0.717, 1.165) is 27.9 Å². The van der Waals surface area contributed by atoms with Crippen molar-refractivity contribution in [3.8, 4) is 22.2 Å². The third kappa shape index (κ3) is 7.35. The lowest BCUT2D eigenvalue weighted by molar-refractivity contribution is -0.127. The fourth-order valence-corrected chi connectivity index (χ4v) is 3.90. The maximum atomic E-state index is 12.5. The van der Waals surface area contributed by atoms with Gasteiger partial charge in [0.25, 0.3) is 0 Å². The molecule has 9 heteroatoms. The molecule has 0 aliphatic heterocycles. The predicted molar refractivity (Wildman–Crippen MR) is 147 cm³/mol. The molecule has 0 radical (unpaired) electrons. The molecule has 0 spiro atoms. The molecule has 4 N–H and O–H groups in total. The van der Waals surface area contributed by atoms with Gasteiger partial charge in [-0.1, -0.05) is 48.4 Å². The third-order valence-electron chi connectivity index (χ3n) is 5.51. The molecule has 3 aromatic carbocycles. The van der Waals surface area contributed by atoms with Crippen molar-refractivity contribution in [1.82, 2.24) is 20.6 Å². The van der Waals surface area contributed by atoms with Gasteiger partial charge in [0.05, 0.1) is 17.6 Å². The van der Waals surface area contributed by atoms with Gasteiger partial charge in [-0.3, -0.25) is 9.59 Å². The topological polar surface area (TPSA) is 108 Å². The molecule has 1 aromatic heterocycles. The van der Waals surface area contributed by atoms with Crippen LogP contribution in [0.4, 0.5) is 5.95 Å². The van der Waals surface area contributed by atoms with Crippen LogP contribution in [0, 0.1) is 10.8 Å². The number of aromatic nitrogens is 2. The van der Waals surface area contributed by atoms with Crippen LogP contribution in [0.25, 0.3) is 11.0 Å². The highest BCUT2D eigenvalue weighted by molar-refractivity contribution is 9.12. The summed E-state index contributed by atoms with van der Waals surface area (Å²) in [5.74, 6) is 4.21. The molecule has 4 aromatic rings. The number of para-hydroxylation sites is 3. The Kier molecular flexibility index (Phi) is 8.79. The summed E-state index contributed by atoms with van der Waals surface area (Å²) < 4.78 is 6.16. The quantitative estimate of drug-likeness (QED) is 0.214. The lowest BCUT2D eigenvalue weighted by Crippen LogP contribution is -2.47. The number of benzene rings is 3. The second-order valence-electron chi connectivity index (χ2n) is 8.26. The average Bonchev–Trinajstić information content (AvgIpc) is 3.32. The molecule has 0 saturated heterocycles. The minimum Gasteiger partial charge on any atom is -0.457 e. The molecule has 188 valence electrons. The van der Waals surface area contributed by atoms with Crippen molar-refractivity contribution >= 4 is 44.7 Å². The fraction of sp³-hybridized carbons (Fsp3) is 0.179. The first-order chi connectivity index (χ1) is 18.0. The number of anilines is 1. The Morgan fingerprint density at radius 2 is 1.81 bits per heavy atom. The van der Waals surface area contributed by atoms with Gasteiger partial charge in [0.15, 0.2) is 0 Å². The lowest BCUT2D eigenvalue weighted by atomic mass is 10.0. The van der Waals surface area contributed by atoms with Crippen molar-refractivity contribution in [3.63, 3.8) is 0 Å². The van der Waals surface area contributed by atoms with Gasteiger partial charge < -0.3 is 25.7 Å². The van der Waals surface area contributed by atoms with Crippen LogP contribution in [0.3, 0.4) is 0 Å². The molecule has 0 aliphatic rings. The smallest absolute Gasteiger partial charge is 0.243 e. The largest absolute Gasteiger partial charge is 0.457 e. The average molecular weight is 560 g/mol. The standard InChI is InChI=1S/C28H26BrN5O3/c1-19(35)32-25(27(36)30-16-6-15-29)17-20-11-13-22(14-12-20)37-26-10-5-2-7-21(26)18-31-28-33-23-8-3-4-9-24(23)34-28/h2-5,7-14,25H,16-18H2,1H3,(H,30,36)(H,32,35)(H2,31,33,34). The van der Waals surface area contributed by atoms with E-state index >= 15 is 0 Å². The molecule has 0 aliphatic carbocycles. The number of ether oxygens (including phenoxy) is 1. The van der Waals surface area contributed by atoms with E-state index in [4.69, 9.17) is 4.74 Å². The Balaban J connectivity index is 1.39. The third-order valence-corrected chi connectivity index (χ3v) is 5.79. The molecule has 37 heavy (non-hydrogen) atoms. The van der Waals surface area contributed by atoms with E-state index < -0.39 is 6.04 Å². The highest BCUT2D eigenvalue weighted by Crippen LogP contribution is 2.26. The second kappa shape index (κ2) is 12.6. The van der Waals surface area contributed by atoms with Crippen molar-refractivity contribution < 1.29 is 14.3 Å². The predicted octanol–water partition coefficient (Wildman–Crippen LogP) is 4.49. The molecule has 1 heterocycles. The van der Waals surface area contributed by atoms with Gasteiger partial charge in [0.1, 0.15) is 17.5 Å². The summed E-state index contributed by atoms with van der Waals surface area (Å²) in [6.07, 6.45) is 0.339. The number of carbonyl (C=O) groups excluding carboxylic acids is 2. The number of halogens is 1. The van der Waals surface area contributed by atoms with Crippen LogP contribution in [0.15, 0.2) is 72.8 Å². The number of carbonyl (C=O) groups is 2. The van der Waals surface area contributed by atoms with Gasteiger partial charge in [-0.15, -0.1) is 0 Å². The monoisotopic (exact) mass is 559 g/mol. The van der Waals surface area contributed by atoms with E-state index in [1.807, 2.05) is 72.8 Å². The summed E-state index contributed by atoms with van der Waals surface area (Å²) in [6, 6.07) is 22.4. The van der Waals surface area contributed by atoms with Crippen molar-refractivity contribution in [2.24, 2.45) is 0 Å². The Morgan fingerprint density at radius 1 is 1.05 bits per heavy atom. The molecule has 0 fully saturated rings. The highest BCUT2D eigenvalue weighted by Gasteiger charge is 2.19. The first kappa shape index (κ1) is 25.8. The van der Waals surface area contributed by atoms with Gasteiger partial charge in [0, 0.05) is 41.4 Å². The second-order valence-corrected chi connectivity index (χ2v) is 8.65. The van der Waals surface area contributed by atoms with Crippen LogP contribution in [-0.2, 0) is 22.6 Å². The molecule has 1 unspecified atom stereocenters. The minimum absolute atomic E-state index is 0.192. The maximum Gasteiger partial charge on any atom is 0.243 e. The van der Waals surface area contributed by atoms with Gasteiger partial charge in [-0.25, -0.2) is 4.98 Å². The minimum atomic E-state index is -0.702. The van der Waals surface area contributed by atoms with E-state index in [9.17, 15) is 9.59 Å². The summed E-state index contributed by atoms with van der Waals surface area (Å²) in [5.41, 5.74) is 3.73. The molecule has 8 nitrogen and oxygen atoms in total. The summed E-state index contributed by atoms with van der Waals surface area (Å²) in [5, 5.41) is 8.71. The molecule has 0 saturated carbocycles. The van der Waals surface area contributed by atoms with Gasteiger partial charge >= 0.3 is 0 Å². The summed E-state index contributed by atoms with van der Waals surface area (Å²) >= 11 is 2.99. The first-order valence-corrected chi connectivity index (χ1v) is 12.5. The molecule has 4 rings (SSSR count). The van der Waals surface area contributed by atoms with Crippen molar-refractivity contribution in [2.45, 2.75) is 25.9 Å². The summed E-state index contributed by atoms with van der Waals surface area (Å²) in [6.45, 7) is 2.11. The Bertz CT molecular complexity index is 1410. The number of amides is 2. The first-order valence-electron chi connectivity index (χ1n) is 11.7. The number of nitrogens with zero attached hydrogens (tertiary/aromatic N) is 1. The van der Waals surface area contributed by atoms with Crippen LogP contribution in [0.5, 0.6) is 11.5 Å². The van der Waals surface area contributed by atoms with Gasteiger partial charge in [-0.05, 0) is 40.7 Å². The number of nitrogens with one attached hydrogen (secondary N) is 4. The van der Waals surface area contributed by atoms with Gasteiger partial charge in [-0.2, -0.15) is 0 Å². The Labute approximate surface area is 223 Å². The highest BCUT2D eigenvalue weighted by atomic mass is 79.9. The molecular formula is C28H26BrN5O3. The normalized spacial score (nSPS) is 11.2. The number of rotatable bonds is 10. The summed E-state index contributed by atoms with van der Waals surface area (Å²) in [4.78, 5) is 34.4. The SMILES string of the molecule is CC(=O)NC(Cc1ccc(Oc2ccccc2CNc2nc3ccccc3[nH]2)cc1)C(=O)NCC#CBr. The molecule has 2 amide bonds. The van der Waals surface area contributed by atoms with E-state index in [1.165, 1.54) is 6.92 Å². The lowest BCUT2D eigenvalue weighted by Gasteiger charge is -2.17. The Hall–Kier alpha value is -4.29. The number of aromatic amines is 1. The van der Waals surface area contributed by atoms with Crippen LogP contribution in [-0.4, -0.2) is 34.4 Å². The van der Waals surface area contributed by atoms with E-state index in [-0.39, 0.29) is 18.4 Å². The zero-order valence-electron chi connectivity index (χ0n) is 20.2. The zero-order valence-corrected chi connectivity index (χ0v) is 21.8. The van der Waals surface area contributed by atoms with E-state index in [2.05, 4.69) is 52.6 Å². The van der Waals surface area contributed by atoms with Crippen molar-refractivity contribution in [1.29, 1.82) is 0 Å². The van der Waals surface area contributed by atoms with Crippen LogP contribution >= 0.6 is 15.9 Å². The van der Waals surface area contributed by atoms with Crippen molar-refractivity contribution in [3.05, 3.63) is 83.9 Å². The number of H-pyrrole nitrogens is 1. The molecule has 1 atom stereocenters. The van der Waals surface area contributed by atoms with Crippen molar-refractivity contribution in [2.75, 3.05) is 11.9 Å². The number of hydrogen-bond donors (Lipinski definition) is 4. The zero-order chi connectivity index (χ0) is 26.0. The van der Waals surface area contributed by atoms with E-state index in [0.29, 0.717) is 24.7 Å². The number of fused-ring (bicyclic) bond motifs is 1. The van der Waals surface area contributed by atoms with Gasteiger partial charge in [0.2, 0.25) is 17.8 Å². The Morgan fingerprint density at radius 3 is 2.57 bits per heavy atom. The van der Waals surface area contributed by atoms with Crippen LogP contribution in [0.2, 0.25) is 0 Å². The van der Waals surface area contributed by atoms with E-state index in [1.54, 1.807) is 0 Å². The molecule has 0 bridgehead atoms.